The summed E-state index contributed by atoms with van der Waals surface area (Å²) in [4.78, 5) is 30.6. The second kappa shape index (κ2) is 7.51. The van der Waals surface area contributed by atoms with Crippen LogP contribution in [0.15, 0.2) is 42.5 Å². The Hall–Kier alpha value is -3.29. The first-order valence-corrected chi connectivity index (χ1v) is 9.81. The molecule has 2 N–H and O–H groups in total. The van der Waals surface area contributed by atoms with Crippen LogP contribution in [0.2, 0.25) is 0 Å². The molecule has 0 saturated carbocycles. The summed E-state index contributed by atoms with van der Waals surface area (Å²) in [6.07, 6.45) is 0. The van der Waals surface area contributed by atoms with E-state index >= 15 is 0 Å². The van der Waals surface area contributed by atoms with Crippen molar-refractivity contribution in [2.45, 2.75) is 6.04 Å². The lowest BCUT2D eigenvalue weighted by molar-refractivity contribution is 0.0760. The molecular formula is C22H24FN3O4. The molecule has 2 heterocycles. The number of fused-ring (bicyclic) bond motifs is 1. The molecule has 0 bridgehead atoms. The maximum atomic E-state index is 13.9. The first kappa shape index (κ1) is 20.0. The second-order valence-corrected chi connectivity index (χ2v) is 8.13. The van der Waals surface area contributed by atoms with Gasteiger partial charge in [0, 0.05) is 45.6 Å². The monoisotopic (exact) mass is 413 g/mol. The van der Waals surface area contributed by atoms with Crippen LogP contribution < -0.4 is 0 Å². The van der Waals surface area contributed by atoms with Crippen molar-refractivity contribution >= 4 is 11.9 Å². The Kier molecular flexibility index (Phi) is 5.01. The van der Waals surface area contributed by atoms with Crippen molar-refractivity contribution in [3.05, 3.63) is 59.4 Å². The minimum Gasteiger partial charge on any atom is -0.507 e. The number of phenolic OH excluding ortho intramolecular Hbond substituents is 2. The van der Waals surface area contributed by atoms with E-state index in [0.29, 0.717) is 25.2 Å². The number of nitrogens with zero attached hydrogens (tertiary/aromatic N) is 3. The van der Waals surface area contributed by atoms with Gasteiger partial charge < -0.3 is 24.9 Å². The summed E-state index contributed by atoms with van der Waals surface area (Å²) < 4.78 is 13.9. The second-order valence-electron chi connectivity index (χ2n) is 8.13. The van der Waals surface area contributed by atoms with E-state index in [2.05, 4.69) is 0 Å². The lowest BCUT2D eigenvalue weighted by Crippen LogP contribution is -2.42. The number of amides is 3. The summed E-state index contributed by atoms with van der Waals surface area (Å²) in [5, 5.41) is 20.1. The molecular weight excluding hydrogens is 389 g/mol. The molecule has 2 aromatic rings. The lowest BCUT2D eigenvalue weighted by atomic mass is 9.89. The van der Waals surface area contributed by atoms with Gasteiger partial charge in [-0.3, -0.25) is 4.79 Å². The third kappa shape index (κ3) is 3.32. The minimum atomic E-state index is -0.455. The third-order valence-electron chi connectivity index (χ3n) is 6.00. The van der Waals surface area contributed by atoms with Gasteiger partial charge in [0.2, 0.25) is 0 Å². The maximum Gasteiger partial charge on any atom is 0.320 e. The van der Waals surface area contributed by atoms with E-state index in [4.69, 9.17) is 0 Å². The van der Waals surface area contributed by atoms with Crippen LogP contribution in [0.1, 0.15) is 22.0 Å². The van der Waals surface area contributed by atoms with Gasteiger partial charge in [-0.25, -0.2) is 9.18 Å². The highest BCUT2D eigenvalue weighted by Crippen LogP contribution is 2.46. The molecule has 2 aliphatic heterocycles. The highest BCUT2D eigenvalue weighted by Gasteiger charge is 2.50. The third-order valence-corrected chi connectivity index (χ3v) is 6.00. The largest absolute Gasteiger partial charge is 0.507 e. The molecule has 8 heteroatoms. The number of aromatic hydroxyl groups is 2. The fraction of sp³-hybridized carbons (Fsp3) is 0.364. The van der Waals surface area contributed by atoms with Crippen molar-refractivity contribution in [3.63, 3.8) is 0 Å². The zero-order valence-corrected chi connectivity index (χ0v) is 16.8. The molecule has 2 aromatic carbocycles. The molecule has 0 aliphatic carbocycles. The van der Waals surface area contributed by atoms with Gasteiger partial charge in [-0.1, -0.05) is 18.2 Å². The fourth-order valence-electron chi connectivity index (χ4n) is 4.69. The van der Waals surface area contributed by atoms with Crippen molar-refractivity contribution in [3.8, 4) is 11.5 Å². The van der Waals surface area contributed by atoms with Crippen LogP contribution in [0.4, 0.5) is 9.18 Å². The van der Waals surface area contributed by atoms with Crippen molar-refractivity contribution in [1.82, 2.24) is 14.7 Å². The average molecular weight is 413 g/mol. The van der Waals surface area contributed by atoms with E-state index in [-0.39, 0.29) is 46.8 Å². The molecule has 2 aliphatic rings. The quantitative estimate of drug-likeness (QED) is 0.793. The summed E-state index contributed by atoms with van der Waals surface area (Å²) in [5.41, 5.74) is 0.568. The van der Waals surface area contributed by atoms with Crippen LogP contribution in [0.5, 0.6) is 11.5 Å². The van der Waals surface area contributed by atoms with Gasteiger partial charge in [-0.15, -0.1) is 0 Å². The number of rotatable bonds is 2. The number of benzene rings is 2. The molecule has 3 atom stereocenters. The predicted octanol–water partition coefficient (Wildman–Crippen LogP) is 2.66. The summed E-state index contributed by atoms with van der Waals surface area (Å²) in [5.74, 6) is -1.44. The SMILES string of the molecule is CN(C)C(=O)N1C[C@H]2CN(C(=O)c3c(O)cccc3O)C[C@H]2[C@H]1c1cccc(F)c1. The molecule has 0 unspecified atom stereocenters. The van der Waals surface area contributed by atoms with Crippen LogP contribution in [-0.4, -0.2) is 70.6 Å². The number of phenols is 2. The maximum absolute atomic E-state index is 13.9. The summed E-state index contributed by atoms with van der Waals surface area (Å²) in [7, 11) is 3.35. The van der Waals surface area contributed by atoms with Crippen LogP contribution in [0.3, 0.4) is 0 Å². The molecule has 7 nitrogen and oxygen atoms in total. The highest BCUT2D eigenvalue weighted by atomic mass is 19.1. The Morgan fingerprint density at radius 3 is 2.33 bits per heavy atom. The molecule has 0 spiro atoms. The van der Waals surface area contributed by atoms with Crippen LogP contribution in [0.25, 0.3) is 0 Å². The number of urea groups is 1. The minimum absolute atomic E-state index is 0.0131. The van der Waals surface area contributed by atoms with Gasteiger partial charge in [0.05, 0.1) is 6.04 Å². The van der Waals surface area contributed by atoms with Gasteiger partial charge in [0.1, 0.15) is 22.9 Å². The molecule has 158 valence electrons. The molecule has 2 saturated heterocycles. The average Bonchev–Trinajstić information content (AvgIpc) is 3.24. The van der Waals surface area contributed by atoms with Gasteiger partial charge >= 0.3 is 6.03 Å². The van der Waals surface area contributed by atoms with E-state index < -0.39 is 5.91 Å². The van der Waals surface area contributed by atoms with Gasteiger partial charge in [-0.2, -0.15) is 0 Å². The van der Waals surface area contributed by atoms with Crippen molar-refractivity contribution < 1.29 is 24.2 Å². The Labute approximate surface area is 173 Å². The van der Waals surface area contributed by atoms with Crippen molar-refractivity contribution in [2.75, 3.05) is 33.7 Å². The lowest BCUT2D eigenvalue weighted by Gasteiger charge is -2.32. The number of likely N-dealkylation sites (tertiary alicyclic amines) is 2. The van der Waals surface area contributed by atoms with Crippen LogP contribution >= 0.6 is 0 Å². The number of hydrogen-bond donors (Lipinski definition) is 2. The zero-order valence-electron chi connectivity index (χ0n) is 16.8. The van der Waals surface area contributed by atoms with E-state index in [1.54, 1.807) is 36.0 Å². The Morgan fingerprint density at radius 1 is 1.03 bits per heavy atom. The van der Waals surface area contributed by atoms with Crippen molar-refractivity contribution in [2.24, 2.45) is 11.8 Å². The van der Waals surface area contributed by atoms with Gasteiger partial charge in [0.15, 0.2) is 0 Å². The van der Waals surface area contributed by atoms with E-state index in [1.807, 2.05) is 0 Å². The topological polar surface area (TPSA) is 84.3 Å². The molecule has 3 amide bonds. The van der Waals surface area contributed by atoms with E-state index in [1.165, 1.54) is 35.2 Å². The number of hydrogen-bond acceptors (Lipinski definition) is 4. The number of carbonyl (C=O) groups is 2. The van der Waals surface area contributed by atoms with Gasteiger partial charge in [-0.05, 0) is 29.8 Å². The van der Waals surface area contributed by atoms with Crippen LogP contribution in [-0.2, 0) is 0 Å². The first-order chi connectivity index (χ1) is 14.3. The van der Waals surface area contributed by atoms with Crippen molar-refractivity contribution in [1.29, 1.82) is 0 Å². The smallest absolute Gasteiger partial charge is 0.320 e. The summed E-state index contributed by atoms with van der Waals surface area (Å²) in [6, 6.07) is 9.87. The molecule has 0 radical (unpaired) electrons. The summed E-state index contributed by atoms with van der Waals surface area (Å²) in [6.45, 7) is 1.18. The van der Waals surface area contributed by atoms with E-state index in [0.717, 1.165) is 0 Å². The highest BCUT2D eigenvalue weighted by molar-refractivity contribution is 5.99. The fourth-order valence-corrected chi connectivity index (χ4v) is 4.69. The standard InChI is InChI=1S/C22H24FN3O4/c1-24(2)22(30)26-11-14-10-25(21(29)19-17(27)7-4-8-18(19)28)12-16(14)20(26)13-5-3-6-15(23)9-13/h3-9,14,16,20,27-28H,10-12H2,1-2H3/t14-,16-,20-/m1/s1. The molecule has 2 fully saturated rings. The number of halogens is 1. The molecule has 30 heavy (non-hydrogen) atoms. The van der Waals surface area contributed by atoms with E-state index in [9.17, 15) is 24.2 Å². The Balaban J connectivity index is 1.64. The predicted molar refractivity (Wildman–Crippen MR) is 108 cm³/mol. The first-order valence-electron chi connectivity index (χ1n) is 9.81. The van der Waals surface area contributed by atoms with Gasteiger partial charge in [0.25, 0.3) is 5.91 Å². The Morgan fingerprint density at radius 2 is 1.70 bits per heavy atom. The van der Waals surface area contributed by atoms with Crippen LogP contribution in [0, 0.1) is 17.7 Å². The summed E-state index contributed by atoms with van der Waals surface area (Å²) >= 11 is 0. The number of carbonyl (C=O) groups excluding carboxylic acids is 2. The molecule has 4 rings (SSSR count). The Bertz CT molecular complexity index is 976. The zero-order chi connectivity index (χ0) is 21.6. The normalized spacial score (nSPS) is 22.8. The molecule has 0 aromatic heterocycles.